The number of hydrogen-bond acceptors (Lipinski definition) is 4. The largest absolute Gasteiger partial charge is 0.382 e. The van der Waals surface area contributed by atoms with Crippen LogP contribution in [-0.2, 0) is 11.3 Å². The van der Waals surface area contributed by atoms with E-state index in [-0.39, 0.29) is 5.92 Å². The van der Waals surface area contributed by atoms with E-state index in [1.807, 2.05) is 44.2 Å². The molecule has 0 fully saturated rings. The normalized spacial score (nSPS) is 14.3. The highest BCUT2D eigenvalue weighted by Gasteiger charge is 2.27. The van der Waals surface area contributed by atoms with E-state index in [1.54, 1.807) is 0 Å². The number of carbonyl (C=O) groups is 1. The summed E-state index contributed by atoms with van der Waals surface area (Å²) in [4.78, 5) is 11.8. The SMILES string of the molecule is CC(C)[C@H](NN)C(O)C(=O)NCc1ccccc1. The van der Waals surface area contributed by atoms with E-state index >= 15 is 0 Å². The topological polar surface area (TPSA) is 87.4 Å². The number of amides is 1. The van der Waals surface area contributed by atoms with E-state index in [0.29, 0.717) is 6.54 Å². The van der Waals surface area contributed by atoms with Crippen LogP contribution in [0.15, 0.2) is 30.3 Å². The zero-order chi connectivity index (χ0) is 13.5. The van der Waals surface area contributed by atoms with Gasteiger partial charge in [-0.3, -0.25) is 16.1 Å². The van der Waals surface area contributed by atoms with Crippen LogP contribution in [0.3, 0.4) is 0 Å². The van der Waals surface area contributed by atoms with E-state index in [0.717, 1.165) is 5.56 Å². The highest BCUT2D eigenvalue weighted by Crippen LogP contribution is 2.06. The minimum atomic E-state index is -1.15. The first kappa shape index (κ1) is 14.6. The Morgan fingerprint density at radius 2 is 1.94 bits per heavy atom. The number of benzene rings is 1. The van der Waals surface area contributed by atoms with Gasteiger partial charge in [-0.2, -0.15) is 0 Å². The molecule has 0 aromatic heterocycles. The van der Waals surface area contributed by atoms with E-state index in [4.69, 9.17) is 5.84 Å². The molecule has 1 aromatic rings. The molecule has 5 N–H and O–H groups in total. The fourth-order valence-corrected chi connectivity index (χ4v) is 1.70. The van der Waals surface area contributed by atoms with Gasteiger partial charge in [-0.15, -0.1) is 0 Å². The molecular formula is C13H21N3O2. The molecule has 0 saturated heterocycles. The lowest BCUT2D eigenvalue weighted by atomic mass is 9.98. The number of hydrazine groups is 1. The molecule has 0 radical (unpaired) electrons. The molecule has 0 aliphatic carbocycles. The number of aliphatic hydroxyl groups excluding tert-OH is 1. The maximum Gasteiger partial charge on any atom is 0.250 e. The Hall–Kier alpha value is -1.43. The molecule has 1 unspecified atom stereocenters. The van der Waals surface area contributed by atoms with Gasteiger partial charge in [0.1, 0.15) is 6.10 Å². The van der Waals surface area contributed by atoms with Gasteiger partial charge in [0.05, 0.1) is 6.04 Å². The lowest BCUT2D eigenvalue weighted by Gasteiger charge is -2.24. The molecule has 0 aliphatic rings. The number of rotatable bonds is 6. The van der Waals surface area contributed by atoms with E-state index in [9.17, 15) is 9.90 Å². The molecule has 100 valence electrons. The van der Waals surface area contributed by atoms with Crippen LogP contribution >= 0.6 is 0 Å². The molecule has 1 aromatic carbocycles. The first-order valence-electron chi connectivity index (χ1n) is 6.02. The molecule has 0 saturated carbocycles. The summed E-state index contributed by atoms with van der Waals surface area (Å²) < 4.78 is 0. The fourth-order valence-electron chi connectivity index (χ4n) is 1.70. The minimum Gasteiger partial charge on any atom is -0.382 e. The van der Waals surface area contributed by atoms with Crippen molar-refractivity contribution >= 4 is 5.91 Å². The fraction of sp³-hybridized carbons (Fsp3) is 0.462. The van der Waals surface area contributed by atoms with Gasteiger partial charge in [-0.1, -0.05) is 44.2 Å². The van der Waals surface area contributed by atoms with Gasteiger partial charge in [-0.05, 0) is 11.5 Å². The average molecular weight is 251 g/mol. The summed E-state index contributed by atoms with van der Waals surface area (Å²) in [7, 11) is 0. The Labute approximate surface area is 107 Å². The van der Waals surface area contributed by atoms with Crippen molar-refractivity contribution < 1.29 is 9.90 Å². The van der Waals surface area contributed by atoms with E-state index in [2.05, 4.69) is 10.7 Å². The molecule has 5 nitrogen and oxygen atoms in total. The molecule has 0 aliphatic heterocycles. The number of hydrogen-bond donors (Lipinski definition) is 4. The highest BCUT2D eigenvalue weighted by atomic mass is 16.3. The Balaban J connectivity index is 2.50. The van der Waals surface area contributed by atoms with Crippen molar-refractivity contribution in [3.8, 4) is 0 Å². The van der Waals surface area contributed by atoms with Crippen molar-refractivity contribution in [2.75, 3.05) is 0 Å². The minimum absolute atomic E-state index is 0.0625. The molecule has 5 heteroatoms. The second-order valence-corrected chi connectivity index (χ2v) is 4.58. The number of nitrogens with two attached hydrogens (primary N) is 1. The van der Waals surface area contributed by atoms with Gasteiger partial charge in [0.15, 0.2) is 0 Å². The molecule has 18 heavy (non-hydrogen) atoms. The van der Waals surface area contributed by atoms with Gasteiger partial charge in [0, 0.05) is 6.54 Å². The van der Waals surface area contributed by atoms with Crippen LogP contribution < -0.4 is 16.6 Å². The van der Waals surface area contributed by atoms with E-state index in [1.165, 1.54) is 0 Å². The van der Waals surface area contributed by atoms with Crippen molar-refractivity contribution in [3.63, 3.8) is 0 Å². The van der Waals surface area contributed by atoms with Gasteiger partial charge in [0.25, 0.3) is 5.91 Å². The third-order valence-corrected chi connectivity index (χ3v) is 2.83. The predicted octanol–water partition coefficient (Wildman–Crippen LogP) is 0.152. The van der Waals surface area contributed by atoms with Crippen LogP contribution in [0.25, 0.3) is 0 Å². The van der Waals surface area contributed by atoms with Gasteiger partial charge >= 0.3 is 0 Å². The molecule has 0 spiro atoms. The first-order chi connectivity index (χ1) is 8.56. The number of carbonyl (C=O) groups excluding carboxylic acids is 1. The number of aliphatic hydroxyl groups is 1. The summed E-state index contributed by atoms with van der Waals surface area (Å²) in [5, 5.41) is 12.6. The van der Waals surface area contributed by atoms with Crippen LogP contribution in [0.5, 0.6) is 0 Å². The highest BCUT2D eigenvalue weighted by molar-refractivity contribution is 5.81. The molecule has 1 rings (SSSR count). The molecule has 1 amide bonds. The summed E-state index contributed by atoms with van der Waals surface area (Å²) in [6, 6.07) is 9.07. The molecule has 0 bridgehead atoms. The summed E-state index contributed by atoms with van der Waals surface area (Å²) in [6.45, 7) is 4.17. The van der Waals surface area contributed by atoms with Crippen molar-refractivity contribution in [1.82, 2.24) is 10.7 Å². The second-order valence-electron chi connectivity index (χ2n) is 4.58. The Morgan fingerprint density at radius 1 is 1.33 bits per heavy atom. The van der Waals surface area contributed by atoms with Crippen LogP contribution in [0.1, 0.15) is 19.4 Å². The second kappa shape index (κ2) is 7.10. The standard InChI is InChI=1S/C13H21N3O2/c1-9(2)11(16-14)12(17)13(18)15-8-10-6-4-3-5-7-10/h3-7,9,11-12,16-17H,8,14H2,1-2H3,(H,15,18)/t11-,12?/m0/s1. The van der Waals surface area contributed by atoms with Gasteiger partial charge < -0.3 is 10.4 Å². The lowest BCUT2D eigenvalue weighted by Crippen LogP contribution is -2.53. The van der Waals surface area contributed by atoms with Crippen molar-refractivity contribution in [1.29, 1.82) is 0 Å². The zero-order valence-corrected chi connectivity index (χ0v) is 10.8. The van der Waals surface area contributed by atoms with Crippen LogP contribution in [0.4, 0.5) is 0 Å². The van der Waals surface area contributed by atoms with Crippen LogP contribution in [-0.4, -0.2) is 23.2 Å². The monoisotopic (exact) mass is 251 g/mol. The predicted molar refractivity (Wildman–Crippen MR) is 70.2 cm³/mol. The maximum absolute atomic E-state index is 11.8. The lowest BCUT2D eigenvalue weighted by molar-refractivity contribution is -0.131. The number of nitrogens with one attached hydrogen (secondary N) is 2. The smallest absolute Gasteiger partial charge is 0.250 e. The van der Waals surface area contributed by atoms with Crippen molar-refractivity contribution in [3.05, 3.63) is 35.9 Å². The molecule has 0 heterocycles. The Morgan fingerprint density at radius 3 is 2.44 bits per heavy atom. The molecular weight excluding hydrogens is 230 g/mol. The quantitative estimate of drug-likeness (QED) is 0.428. The van der Waals surface area contributed by atoms with Gasteiger partial charge in [-0.25, -0.2) is 0 Å². The van der Waals surface area contributed by atoms with E-state index < -0.39 is 18.1 Å². The molecule has 2 atom stereocenters. The maximum atomic E-state index is 11.8. The van der Waals surface area contributed by atoms with Crippen LogP contribution in [0, 0.1) is 5.92 Å². The average Bonchev–Trinajstić information content (AvgIpc) is 2.37. The zero-order valence-electron chi connectivity index (χ0n) is 10.8. The third kappa shape index (κ3) is 4.10. The Bertz CT molecular complexity index is 368. The van der Waals surface area contributed by atoms with Crippen molar-refractivity contribution in [2.45, 2.75) is 32.5 Å². The van der Waals surface area contributed by atoms with Crippen molar-refractivity contribution in [2.24, 2.45) is 11.8 Å². The Kier molecular flexibility index (Phi) is 5.77. The first-order valence-corrected chi connectivity index (χ1v) is 6.02. The summed E-state index contributed by atoms with van der Waals surface area (Å²) >= 11 is 0. The summed E-state index contributed by atoms with van der Waals surface area (Å²) in [5.41, 5.74) is 3.46. The summed E-state index contributed by atoms with van der Waals surface area (Å²) in [5.74, 6) is 4.97. The van der Waals surface area contributed by atoms with Crippen LogP contribution in [0.2, 0.25) is 0 Å². The third-order valence-electron chi connectivity index (χ3n) is 2.83. The van der Waals surface area contributed by atoms with Gasteiger partial charge in [0.2, 0.25) is 0 Å². The summed E-state index contributed by atoms with van der Waals surface area (Å²) in [6.07, 6.45) is -1.15.